The molecule has 0 aliphatic heterocycles. The van der Waals surface area contributed by atoms with Gasteiger partial charge in [0.25, 0.3) is 0 Å². The molecule has 0 radical (unpaired) electrons. The first-order chi connectivity index (χ1) is 15.3. The fourth-order valence-electron chi connectivity index (χ4n) is 2.67. The monoisotopic (exact) mass is 506 g/mol. The Morgan fingerprint density at radius 3 is 2.30 bits per heavy atom. The fraction of sp³-hybridized carbons (Fsp3) is 0.333. The van der Waals surface area contributed by atoms with Gasteiger partial charge in [-0.15, -0.1) is 0 Å². The fourth-order valence-corrected chi connectivity index (χ4v) is 3.80. The number of halogens is 4. The number of nitrogens with one attached hydrogen (secondary N) is 1. The molecule has 7 nitrogen and oxygen atoms in total. The highest BCUT2D eigenvalue weighted by molar-refractivity contribution is 7.92. The van der Waals surface area contributed by atoms with Gasteiger partial charge in [-0.3, -0.25) is 9.10 Å². The van der Waals surface area contributed by atoms with E-state index in [-0.39, 0.29) is 22.9 Å². The molecule has 0 aromatic heterocycles. The average Bonchev–Trinajstić information content (AvgIpc) is 2.71. The predicted octanol–water partition coefficient (Wildman–Crippen LogP) is 4.72. The number of carbonyl (C=O) groups is 2. The van der Waals surface area contributed by atoms with E-state index in [4.69, 9.17) is 16.3 Å². The van der Waals surface area contributed by atoms with Crippen molar-refractivity contribution in [2.24, 2.45) is 0 Å². The minimum Gasteiger partial charge on any atom is -0.462 e. The summed E-state index contributed by atoms with van der Waals surface area (Å²) in [5.41, 5.74) is -1.09. The summed E-state index contributed by atoms with van der Waals surface area (Å²) in [6, 6.07) is 7.85. The lowest BCUT2D eigenvalue weighted by Gasteiger charge is -2.24. The molecule has 2 aromatic rings. The van der Waals surface area contributed by atoms with Crippen LogP contribution in [-0.2, 0) is 25.7 Å². The number of nitrogens with zero attached hydrogens (tertiary/aromatic N) is 1. The number of sulfonamides is 1. The second-order valence-corrected chi connectivity index (χ2v) is 9.36. The van der Waals surface area contributed by atoms with Crippen LogP contribution in [0.2, 0.25) is 5.02 Å². The quantitative estimate of drug-likeness (QED) is 0.392. The van der Waals surface area contributed by atoms with Gasteiger partial charge in [0.1, 0.15) is 6.54 Å². The van der Waals surface area contributed by atoms with E-state index in [9.17, 15) is 31.2 Å². The topological polar surface area (TPSA) is 92.8 Å². The van der Waals surface area contributed by atoms with E-state index in [1.54, 1.807) is 0 Å². The van der Waals surface area contributed by atoms with Crippen LogP contribution in [0.4, 0.5) is 24.5 Å². The van der Waals surface area contributed by atoms with Gasteiger partial charge in [-0.1, -0.05) is 24.9 Å². The summed E-state index contributed by atoms with van der Waals surface area (Å²) in [7, 11) is -4.16. The molecular formula is C21H22ClF3N2O5S. The van der Waals surface area contributed by atoms with Crippen LogP contribution >= 0.6 is 11.6 Å². The Bertz CT molecular complexity index is 1110. The molecule has 0 aliphatic carbocycles. The van der Waals surface area contributed by atoms with Gasteiger partial charge in [-0.25, -0.2) is 13.2 Å². The number of anilines is 2. The van der Waals surface area contributed by atoms with Crippen LogP contribution in [0.25, 0.3) is 0 Å². The molecule has 33 heavy (non-hydrogen) atoms. The number of rotatable bonds is 9. The van der Waals surface area contributed by atoms with E-state index < -0.39 is 45.9 Å². The third kappa shape index (κ3) is 7.64. The van der Waals surface area contributed by atoms with Crippen molar-refractivity contribution in [1.29, 1.82) is 0 Å². The van der Waals surface area contributed by atoms with Crippen molar-refractivity contribution >= 4 is 44.9 Å². The van der Waals surface area contributed by atoms with Crippen molar-refractivity contribution < 1.29 is 35.9 Å². The number of ether oxygens (including phenoxy) is 1. The van der Waals surface area contributed by atoms with Crippen molar-refractivity contribution in [2.75, 3.05) is 29.0 Å². The lowest BCUT2D eigenvalue weighted by molar-refractivity contribution is -0.137. The molecule has 0 spiro atoms. The Labute approximate surface area is 194 Å². The zero-order valence-corrected chi connectivity index (χ0v) is 19.4. The van der Waals surface area contributed by atoms with Gasteiger partial charge in [0.05, 0.1) is 34.7 Å². The number of esters is 1. The van der Waals surface area contributed by atoms with Crippen LogP contribution in [0.1, 0.15) is 35.7 Å². The third-order valence-corrected chi connectivity index (χ3v) is 5.81. The molecule has 1 amide bonds. The summed E-state index contributed by atoms with van der Waals surface area (Å²) in [6.07, 6.45) is -2.39. The first-order valence-electron chi connectivity index (χ1n) is 9.74. The van der Waals surface area contributed by atoms with E-state index in [0.29, 0.717) is 16.4 Å². The average molecular weight is 507 g/mol. The number of benzene rings is 2. The zero-order chi connectivity index (χ0) is 24.8. The number of carbonyl (C=O) groups excluding carboxylic acids is 2. The van der Waals surface area contributed by atoms with Crippen LogP contribution in [0.15, 0.2) is 42.5 Å². The molecule has 2 rings (SSSR count). The maximum absolute atomic E-state index is 13.1. The van der Waals surface area contributed by atoms with Gasteiger partial charge in [0.15, 0.2) is 0 Å². The molecule has 0 heterocycles. The first kappa shape index (κ1) is 26.5. The lowest BCUT2D eigenvalue weighted by atomic mass is 10.2. The van der Waals surface area contributed by atoms with E-state index in [1.807, 2.05) is 6.92 Å². The van der Waals surface area contributed by atoms with Crippen molar-refractivity contribution in [2.45, 2.75) is 25.9 Å². The molecule has 12 heteroatoms. The van der Waals surface area contributed by atoms with Gasteiger partial charge in [0.2, 0.25) is 15.9 Å². The number of unbranched alkanes of at least 4 members (excludes halogenated alkanes) is 1. The Balaban J connectivity index is 2.17. The van der Waals surface area contributed by atoms with Crippen molar-refractivity contribution in [3.05, 3.63) is 58.6 Å². The Kier molecular flexibility index (Phi) is 8.73. The summed E-state index contributed by atoms with van der Waals surface area (Å²) in [5.74, 6) is -1.35. The SMILES string of the molecule is CCCCOC(=O)c1ccc(NC(=O)CN(c2cc(C(F)(F)F)ccc2Cl)S(C)(=O)=O)cc1. The van der Waals surface area contributed by atoms with E-state index >= 15 is 0 Å². The smallest absolute Gasteiger partial charge is 0.416 e. The number of hydrogen-bond donors (Lipinski definition) is 1. The van der Waals surface area contributed by atoms with E-state index in [0.717, 1.165) is 25.2 Å². The summed E-state index contributed by atoms with van der Waals surface area (Å²) >= 11 is 5.93. The standard InChI is InChI=1S/C21H22ClF3N2O5S/c1-3-4-11-32-20(29)14-5-8-16(9-6-14)26-19(28)13-27(33(2,30)31)18-12-15(21(23,24)25)7-10-17(18)22/h5-10,12H,3-4,11,13H2,1-2H3,(H,26,28). The molecule has 2 aromatic carbocycles. The lowest BCUT2D eigenvalue weighted by Crippen LogP contribution is -2.37. The van der Waals surface area contributed by atoms with Crippen LogP contribution in [-0.4, -0.2) is 39.7 Å². The van der Waals surface area contributed by atoms with Crippen molar-refractivity contribution in [3.8, 4) is 0 Å². The maximum Gasteiger partial charge on any atom is 0.416 e. The highest BCUT2D eigenvalue weighted by Crippen LogP contribution is 2.36. The summed E-state index contributed by atoms with van der Waals surface area (Å²) in [6.45, 7) is 1.42. The summed E-state index contributed by atoms with van der Waals surface area (Å²) in [4.78, 5) is 24.4. The second kappa shape index (κ2) is 10.9. The van der Waals surface area contributed by atoms with Crippen LogP contribution in [0.3, 0.4) is 0 Å². The molecule has 0 saturated heterocycles. The van der Waals surface area contributed by atoms with E-state index in [2.05, 4.69) is 5.32 Å². The number of amides is 1. The maximum atomic E-state index is 13.1. The summed E-state index contributed by atoms with van der Waals surface area (Å²) in [5, 5.41) is 2.16. The first-order valence-corrected chi connectivity index (χ1v) is 12.0. The summed E-state index contributed by atoms with van der Waals surface area (Å²) < 4.78 is 69.2. The molecule has 0 fully saturated rings. The largest absolute Gasteiger partial charge is 0.462 e. The third-order valence-electron chi connectivity index (χ3n) is 4.37. The molecule has 0 saturated carbocycles. The molecule has 1 N–H and O–H groups in total. The molecule has 0 bridgehead atoms. The molecular weight excluding hydrogens is 485 g/mol. The second-order valence-electron chi connectivity index (χ2n) is 7.05. The van der Waals surface area contributed by atoms with Crippen molar-refractivity contribution in [1.82, 2.24) is 0 Å². The van der Waals surface area contributed by atoms with Crippen LogP contribution in [0, 0.1) is 0 Å². The number of hydrogen-bond acceptors (Lipinski definition) is 5. The predicted molar refractivity (Wildman–Crippen MR) is 119 cm³/mol. The minimum absolute atomic E-state index is 0.244. The van der Waals surface area contributed by atoms with Crippen LogP contribution < -0.4 is 9.62 Å². The van der Waals surface area contributed by atoms with Gasteiger partial charge >= 0.3 is 12.1 Å². The Morgan fingerprint density at radius 1 is 1.12 bits per heavy atom. The molecule has 0 aliphatic rings. The van der Waals surface area contributed by atoms with E-state index in [1.165, 1.54) is 24.3 Å². The van der Waals surface area contributed by atoms with Crippen LogP contribution in [0.5, 0.6) is 0 Å². The minimum atomic E-state index is -4.73. The molecule has 0 unspecified atom stereocenters. The highest BCUT2D eigenvalue weighted by Gasteiger charge is 2.33. The van der Waals surface area contributed by atoms with Gasteiger partial charge in [-0.05, 0) is 48.9 Å². The Hall–Kier alpha value is -2.79. The highest BCUT2D eigenvalue weighted by atomic mass is 35.5. The number of alkyl halides is 3. The zero-order valence-electron chi connectivity index (χ0n) is 17.8. The van der Waals surface area contributed by atoms with Gasteiger partial charge in [0, 0.05) is 5.69 Å². The Morgan fingerprint density at radius 2 is 1.76 bits per heavy atom. The van der Waals surface area contributed by atoms with Gasteiger partial charge in [-0.2, -0.15) is 13.2 Å². The van der Waals surface area contributed by atoms with Crippen molar-refractivity contribution in [3.63, 3.8) is 0 Å². The van der Waals surface area contributed by atoms with Gasteiger partial charge < -0.3 is 10.1 Å². The normalized spacial score (nSPS) is 11.7. The molecule has 180 valence electrons. The molecule has 0 atom stereocenters.